The number of fused-ring (bicyclic) bond motifs is 1. The number of alkyl halides is 1. The molecule has 2 rings (SSSR count). The molecule has 80 valence electrons. The zero-order chi connectivity index (χ0) is 11.2. The van der Waals surface area contributed by atoms with Crippen LogP contribution in [0.15, 0.2) is 23.4 Å². The lowest BCUT2D eigenvalue weighted by Gasteiger charge is -2.23. The highest BCUT2D eigenvalue weighted by Crippen LogP contribution is 2.32. The molecule has 4 heteroatoms. The average molecular weight is 209 g/mol. The third-order valence-electron chi connectivity index (χ3n) is 2.60. The van der Waals surface area contributed by atoms with Crippen LogP contribution < -0.4 is 0 Å². The van der Waals surface area contributed by atoms with Gasteiger partial charge in [-0.1, -0.05) is 6.08 Å². The highest BCUT2D eigenvalue weighted by atomic mass is 19.1. The van der Waals surface area contributed by atoms with Crippen LogP contribution in [-0.2, 0) is 9.59 Å². The van der Waals surface area contributed by atoms with Crippen molar-refractivity contribution in [3.63, 3.8) is 0 Å². The van der Waals surface area contributed by atoms with Crippen molar-refractivity contribution in [1.82, 2.24) is 4.90 Å². The Kier molecular flexibility index (Phi) is 2.21. The molecule has 0 aromatic rings. The standard InChI is InChI=1S/C11H12FNO2/c1-6(2)13-9-5-7(12)3-4-8(9)10(14)11(13)15/h4-7H,3H2,1-2H3. The topological polar surface area (TPSA) is 37.4 Å². The van der Waals surface area contributed by atoms with Gasteiger partial charge in [-0.05, 0) is 19.9 Å². The van der Waals surface area contributed by atoms with Crippen molar-refractivity contribution in [2.45, 2.75) is 32.5 Å². The second-order valence-electron chi connectivity index (χ2n) is 4.02. The smallest absolute Gasteiger partial charge is 0.299 e. The largest absolute Gasteiger partial charge is 0.302 e. The van der Waals surface area contributed by atoms with E-state index in [9.17, 15) is 14.0 Å². The van der Waals surface area contributed by atoms with Crippen LogP contribution in [0, 0.1) is 0 Å². The Labute approximate surface area is 87.2 Å². The van der Waals surface area contributed by atoms with Gasteiger partial charge in [-0.15, -0.1) is 0 Å². The van der Waals surface area contributed by atoms with Crippen LogP contribution in [0.1, 0.15) is 20.3 Å². The Hall–Kier alpha value is -1.45. The van der Waals surface area contributed by atoms with Gasteiger partial charge in [0.2, 0.25) is 0 Å². The molecule has 1 unspecified atom stereocenters. The first-order chi connectivity index (χ1) is 7.02. The van der Waals surface area contributed by atoms with E-state index in [4.69, 9.17) is 0 Å². The molecule has 0 spiro atoms. The van der Waals surface area contributed by atoms with E-state index < -0.39 is 17.9 Å². The maximum atomic E-state index is 13.1. The lowest BCUT2D eigenvalue weighted by Crippen LogP contribution is -2.33. The van der Waals surface area contributed by atoms with Crippen molar-refractivity contribution >= 4 is 11.7 Å². The van der Waals surface area contributed by atoms with E-state index in [-0.39, 0.29) is 12.5 Å². The fraction of sp³-hybridized carbons (Fsp3) is 0.455. The minimum atomic E-state index is -1.09. The Morgan fingerprint density at radius 3 is 2.73 bits per heavy atom. The number of hydrogen-bond donors (Lipinski definition) is 0. The van der Waals surface area contributed by atoms with Crippen LogP contribution in [0.3, 0.4) is 0 Å². The van der Waals surface area contributed by atoms with Crippen molar-refractivity contribution in [3.05, 3.63) is 23.4 Å². The summed E-state index contributed by atoms with van der Waals surface area (Å²) in [7, 11) is 0. The van der Waals surface area contributed by atoms with E-state index >= 15 is 0 Å². The zero-order valence-corrected chi connectivity index (χ0v) is 8.66. The Balaban J connectivity index is 2.48. The lowest BCUT2D eigenvalue weighted by atomic mass is 10.0. The summed E-state index contributed by atoms with van der Waals surface area (Å²) < 4.78 is 13.1. The maximum absolute atomic E-state index is 13.1. The Morgan fingerprint density at radius 1 is 1.47 bits per heavy atom. The molecule has 0 saturated carbocycles. The fourth-order valence-corrected chi connectivity index (χ4v) is 1.93. The summed E-state index contributed by atoms with van der Waals surface area (Å²) in [5, 5.41) is 0. The van der Waals surface area contributed by atoms with Gasteiger partial charge in [-0.3, -0.25) is 9.59 Å². The van der Waals surface area contributed by atoms with Gasteiger partial charge in [-0.2, -0.15) is 0 Å². The first-order valence-corrected chi connectivity index (χ1v) is 4.96. The van der Waals surface area contributed by atoms with E-state index in [2.05, 4.69) is 0 Å². The molecule has 0 aromatic carbocycles. The van der Waals surface area contributed by atoms with Crippen LogP contribution in [0.2, 0.25) is 0 Å². The number of carbonyl (C=O) groups excluding carboxylic acids is 2. The molecular weight excluding hydrogens is 197 g/mol. The number of hydrogen-bond acceptors (Lipinski definition) is 2. The predicted octanol–water partition coefficient (Wildman–Crippen LogP) is 1.36. The molecule has 0 radical (unpaired) electrons. The van der Waals surface area contributed by atoms with Gasteiger partial charge in [0.15, 0.2) is 0 Å². The van der Waals surface area contributed by atoms with E-state index in [1.807, 2.05) is 0 Å². The molecular formula is C11H12FNO2. The number of nitrogens with zero attached hydrogens (tertiary/aromatic N) is 1. The second-order valence-corrected chi connectivity index (χ2v) is 4.02. The third kappa shape index (κ3) is 1.40. The van der Waals surface area contributed by atoms with Crippen molar-refractivity contribution in [1.29, 1.82) is 0 Å². The first-order valence-electron chi connectivity index (χ1n) is 4.96. The quantitative estimate of drug-likeness (QED) is 0.611. The molecule has 1 saturated heterocycles. The average Bonchev–Trinajstić information content (AvgIpc) is 2.39. The molecule has 2 aliphatic rings. The number of allylic oxidation sites excluding steroid dienone is 3. The number of rotatable bonds is 1. The summed E-state index contributed by atoms with van der Waals surface area (Å²) in [4.78, 5) is 24.5. The lowest BCUT2D eigenvalue weighted by molar-refractivity contribution is -0.139. The molecule has 0 aromatic heterocycles. The monoisotopic (exact) mass is 209 g/mol. The molecule has 1 aliphatic carbocycles. The minimum absolute atomic E-state index is 0.121. The summed E-state index contributed by atoms with van der Waals surface area (Å²) in [6, 6.07) is -0.121. The third-order valence-corrected chi connectivity index (χ3v) is 2.60. The first kappa shape index (κ1) is 10.1. The summed E-state index contributed by atoms with van der Waals surface area (Å²) in [5.74, 6) is -1.06. The minimum Gasteiger partial charge on any atom is -0.302 e. The number of halogens is 1. The molecule has 15 heavy (non-hydrogen) atoms. The summed E-state index contributed by atoms with van der Waals surface area (Å²) in [5.41, 5.74) is 0.807. The molecule has 1 amide bonds. The van der Waals surface area contributed by atoms with E-state index in [1.165, 1.54) is 17.1 Å². The number of carbonyl (C=O) groups is 2. The molecule has 3 nitrogen and oxygen atoms in total. The van der Waals surface area contributed by atoms with Crippen molar-refractivity contribution in [2.75, 3.05) is 0 Å². The van der Waals surface area contributed by atoms with Gasteiger partial charge in [0.1, 0.15) is 6.17 Å². The molecule has 0 bridgehead atoms. The summed E-state index contributed by atoms with van der Waals surface area (Å²) >= 11 is 0. The van der Waals surface area contributed by atoms with Crippen LogP contribution in [-0.4, -0.2) is 28.8 Å². The van der Waals surface area contributed by atoms with Crippen molar-refractivity contribution < 1.29 is 14.0 Å². The van der Waals surface area contributed by atoms with Crippen LogP contribution >= 0.6 is 0 Å². The van der Waals surface area contributed by atoms with Gasteiger partial charge in [-0.25, -0.2) is 4.39 Å². The SMILES string of the molecule is CC(C)N1C(=O)C(=O)C2=CCC(F)C=C21. The molecule has 1 atom stereocenters. The van der Waals surface area contributed by atoms with Crippen LogP contribution in [0.5, 0.6) is 0 Å². The molecule has 0 N–H and O–H groups in total. The van der Waals surface area contributed by atoms with Gasteiger partial charge < -0.3 is 4.90 Å². The molecule has 1 heterocycles. The zero-order valence-electron chi connectivity index (χ0n) is 8.66. The maximum Gasteiger partial charge on any atom is 0.299 e. The summed E-state index contributed by atoms with van der Waals surface area (Å²) in [6.45, 7) is 3.60. The molecule has 1 fully saturated rings. The van der Waals surface area contributed by atoms with E-state index in [0.29, 0.717) is 11.3 Å². The highest BCUT2D eigenvalue weighted by Gasteiger charge is 2.41. The van der Waals surface area contributed by atoms with Crippen LogP contribution in [0.4, 0.5) is 4.39 Å². The van der Waals surface area contributed by atoms with Crippen LogP contribution in [0.25, 0.3) is 0 Å². The fourth-order valence-electron chi connectivity index (χ4n) is 1.93. The highest BCUT2D eigenvalue weighted by molar-refractivity contribution is 6.47. The van der Waals surface area contributed by atoms with Crippen molar-refractivity contribution in [2.24, 2.45) is 0 Å². The molecule has 1 aliphatic heterocycles. The number of amides is 1. The Morgan fingerprint density at radius 2 is 2.13 bits per heavy atom. The van der Waals surface area contributed by atoms with E-state index in [1.54, 1.807) is 13.8 Å². The second kappa shape index (κ2) is 3.29. The number of ketones is 1. The normalized spacial score (nSPS) is 25.6. The van der Waals surface area contributed by atoms with E-state index in [0.717, 1.165) is 0 Å². The van der Waals surface area contributed by atoms with Gasteiger partial charge >= 0.3 is 0 Å². The number of likely N-dealkylation sites (tertiary alicyclic amines) is 1. The Bertz CT molecular complexity index is 395. The van der Waals surface area contributed by atoms with Gasteiger partial charge in [0.25, 0.3) is 11.7 Å². The predicted molar refractivity (Wildman–Crippen MR) is 52.7 cm³/mol. The van der Waals surface area contributed by atoms with Gasteiger partial charge in [0.05, 0.1) is 5.70 Å². The van der Waals surface area contributed by atoms with Gasteiger partial charge in [0, 0.05) is 18.0 Å². The number of Topliss-reactive ketones (excluding diaryl/α,β-unsaturated/α-hetero) is 1. The summed E-state index contributed by atoms with van der Waals surface area (Å²) in [6.07, 6.45) is 1.97. The van der Waals surface area contributed by atoms with Crippen molar-refractivity contribution in [3.8, 4) is 0 Å².